The van der Waals surface area contributed by atoms with Crippen molar-refractivity contribution >= 4 is 28.5 Å². The normalized spacial score (nSPS) is 10.4. The van der Waals surface area contributed by atoms with E-state index in [0.29, 0.717) is 6.42 Å². The largest absolute Gasteiger partial charge is 0.478 e. The first kappa shape index (κ1) is 12.7. The molecule has 0 heterocycles. The van der Waals surface area contributed by atoms with Gasteiger partial charge in [0.2, 0.25) is 0 Å². The van der Waals surface area contributed by atoms with Crippen molar-refractivity contribution in [1.29, 1.82) is 0 Å². The van der Waals surface area contributed by atoms with Crippen LogP contribution in [-0.2, 0) is 4.79 Å². The second kappa shape index (κ2) is 5.74. The summed E-state index contributed by atoms with van der Waals surface area (Å²) in [5, 5.41) is 11.2. The molecule has 2 nitrogen and oxygen atoms in total. The highest BCUT2D eigenvalue weighted by Crippen LogP contribution is 2.28. The number of hydrogen-bond acceptors (Lipinski definition) is 2. The first-order valence-electron chi connectivity index (χ1n) is 5.70. The number of carbonyl (C=O) groups is 1. The second-order valence-electron chi connectivity index (χ2n) is 3.98. The van der Waals surface area contributed by atoms with Crippen LogP contribution in [-0.4, -0.2) is 16.8 Å². The molecule has 0 unspecified atom stereocenters. The number of benzene rings is 2. The number of aliphatic carboxylic acids is 1. The number of thioether (sulfide) groups is 1. The second-order valence-corrected chi connectivity index (χ2v) is 5.12. The summed E-state index contributed by atoms with van der Waals surface area (Å²) >= 11 is 1.67. The molecule has 0 saturated carbocycles. The lowest BCUT2D eigenvalue weighted by molar-refractivity contribution is -0.132. The molecule has 0 aliphatic rings. The molecule has 2 aromatic carbocycles. The van der Waals surface area contributed by atoms with E-state index in [1.165, 1.54) is 15.7 Å². The smallest absolute Gasteiger partial charge is 0.330 e. The lowest BCUT2D eigenvalue weighted by Gasteiger charge is -2.06. The summed E-state index contributed by atoms with van der Waals surface area (Å²) in [4.78, 5) is 11.8. The molecule has 0 amide bonds. The standard InChI is InChI=1S/C15H14O2S/c1-11(15(16)17)9-10-18-14-8-4-6-12-5-2-3-7-13(12)14/h2-8H,1,9-10H2,(H,16,17). The molecule has 2 aromatic rings. The lowest BCUT2D eigenvalue weighted by atomic mass is 10.1. The Labute approximate surface area is 110 Å². The molecule has 2 rings (SSSR count). The highest BCUT2D eigenvalue weighted by Gasteiger charge is 2.05. The minimum absolute atomic E-state index is 0.266. The molecule has 0 saturated heterocycles. The van der Waals surface area contributed by atoms with Crippen molar-refractivity contribution in [3.8, 4) is 0 Å². The molecule has 0 aliphatic heterocycles. The van der Waals surface area contributed by atoms with Crippen LogP contribution < -0.4 is 0 Å². The van der Waals surface area contributed by atoms with Gasteiger partial charge in [-0.15, -0.1) is 11.8 Å². The number of carboxylic acids is 1. The first-order valence-corrected chi connectivity index (χ1v) is 6.68. The number of rotatable bonds is 5. The summed E-state index contributed by atoms with van der Waals surface area (Å²) in [7, 11) is 0. The SMILES string of the molecule is C=C(CCSc1cccc2ccccc12)C(=O)O. The van der Waals surface area contributed by atoms with Crippen LogP contribution in [0.4, 0.5) is 0 Å². The van der Waals surface area contributed by atoms with E-state index < -0.39 is 5.97 Å². The van der Waals surface area contributed by atoms with E-state index >= 15 is 0 Å². The molecule has 3 heteroatoms. The molecule has 0 bridgehead atoms. The third-order valence-electron chi connectivity index (χ3n) is 2.71. The summed E-state index contributed by atoms with van der Waals surface area (Å²) in [6.45, 7) is 3.53. The van der Waals surface area contributed by atoms with Crippen molar-refractivity contribution in [2.24, 2.45) is 0 Å². The van der Waals surface area contributed by atoms with Crippen LogP contribution in [0.3, 0.4) is 0 Å². The van der Waals surface area contributed by atoms with Crippen LogP contribution in [0.2, 0.25) is 0 Å². The van der Waals surface area contributed by atoms with Crippen molar-refractivity contribution < 1.29 is 9.90 Å². The summed E-state index contributed by atoms with van der Waals surface area (Å²) in [5.41, 5.74) is 0.266. The Morgan fingerprint density at radius 3 is 2.67 bits per heavy atom. The molecule has 0 spiro atoms. The van der Waals surface area contributed by atoms with Crippen molar-refractivity contribution in [3.63, 3.8) is 0 Å². The van der Waals surface area contributed by atoms with Crippen LogP contribution in [0, 0.1) is 0 Å². The van der Waals surface area contributed by atoms with E-state index in [1.807, 2.05) is 18.2 Å². The molecule has 1 N–H and O–H groups in total. The zero-order valence-electron chi connectivity index (χ0n) is 9.93. The average Bonchev–Trinajstić information content (AvgIpc) is 2.38. The third-order valence-corrected chi connectivity index (χ3v) is 3.79. The zero-order chi connectivity index (χ0) is 13.0. The van der Waals surface area contributed by atoms with Crippen molar-refractivity contribution in [2.75, 3.05) is 5.75 Å². The van der Waals surface area contributed by atoms with Gasteiger partial charge in [-0.05, 0) is 23.3 Å². The third kappa shape index (κ3) is 2.93. The topological polar surface area (TPSA) is 37.3 Å². The summed E-state index contributed by atoms with van der Waals surface area (Å²) in [6, 6.07) is 14.4. The molecular weight excluding hydrogens is 244 g/mol. The van der Waals surface area contributed by atoms with Crippen LogP contribution >= 0.6 is 11.8 Å². The quantitative estimate of drug-likeness (QED) is 0.651. The van der Waals surface area contributed by atoms with Gasteiger partial charge in [0.15, 0.2) is 0 Å². The van der Waals surface area contributed by atoms with Gasteiger partial charge in [-0.2, -0.15) is 0 Å². The first-order chi connectivity index (χ1) is 8.68. The van der Waals surface area contributed by atoms with E-state index in [0.717, 1.165) is 5.75 Å². The molecule has 0 aliphatic carbocycles. The van der Waals surface area contributed by atoms with Crippen molar-refractivity contribution in [1.82, 2.24) is 0 Å². The Balaban J connectivity index is 2.08. The summed E-state index contributed by atoms with van der Waals surface area (Å²) in [6.07, 6.45) is 0.503. The Kier molecular flexibility index (Phi) is 4.05. The average molecular weight is 258 g/mol. The van der Waals surface area contributed by atoms with Gasteiger partial charge in [0.25, 0.3) is 0 Å². The monoisotopic (exact) mass is 258 g/mol. The highest BCUT2D eigenvalue weighted by atomic mass is 32.2. The van der Waals surface area contributed by atoms with Crippen molar-refractivity contribution in [3.05, 3.63) is 54.6 Å². The Morgan fingerprint density at radius 1 is 1.17 bits per heavy atom. The minimum Gasteiger partial charge on any atom is -0.478 e. The van der Waals surface area contributed by atoms with Crippen LogP contribution in [0.5, 0.6) is 0 Å². The van der Waals surface area contributed by atoms with Gasteiger partial charge in [-0.3, -0.25) is 0 Å². The van der Waals surface area contributed by atoms with Gasteiger partial charge in [-0.1, -0.05) is 43.0 Å². The number of carboxylic acid groups (broad SMARTS) is 1. The molecule has 0 atom stereocenters. The van der Waals surface area contributed by atoms with Crippen LogP contribution in [0.15, 0.2) is 59.5 Å². The fraction of sp³-hybridized carbons (Fsp3) is 0.133. The molecule has 18 heavy (non-hydrogen) atoms. The maximum Gasteiger partial charge on any atom is 0.330 e. The fourth-order valence-corrected chi connectivity index (χ4v) is 2.80. The summed E-state index contributed by atoms with van der Waals surface area (Å²) in [5.74, 6) is -0.174. The lowest BCUT2D eigenvalue weighted by Crippen LogP contribution is -1.99. The Hall–Kier alpha value is -1.74. The van der Waals surface area contributed by atoms with Gasteiger partial charge in [0, 0.05) is 16.2 Å². The number of fused-ring (bicyclic) bond motifs is 1. The number of hydrogen-bond donors (Lipinski definition) is 1. The molecule has 0 radical (unpaired) electrons. The molecular formula is C15H14O2S. The Morgan fingerprint density at radius 2 is 1.89 bits per heavy atom. The molecule has 92 valence electrons. The van der Waals surface area contributed by atoms with Gasteiger partial charge >= 0.3 is 5.97 Å². The zero-order valence-corrected chi connectivity index (χ0v) is 10.7. The van der Waals surface area contributed by atoms with E-state index in [4.69, 9.17) is 5.11 Å². The van der Waals surface area contributed by atoms with Crippen LogP contribution in [0.1, 0.15) is 6.42 Å². The highest BCUT2D eigenvalue weighted by molar-refractivity contribution is 7.99. The predicted molar refractivity (Wildman–Crippen MR) is 76.1 cm³/mol. The van der Waals surface area contributed by atoms with Crippen molar-refractivity contribution in [2.45, 2.75) is 11.3 Å². The van der Waals surface area contributed by atoms with Gasteiger partial charge in [0.05, 0.1) is 0 Å². The molecule has 0 fully saturated rings. The van der Waals surface area contributed by atoms with E-state index in [9.17, 15) is 4.79 Å². The van der Waals surface area contributed by atoms with E-state index in [-0.39, 0.29) is 5.57 Å². The predicted octanol–water partition coefficient (Wildman–Crippen LogP) is 3.96. The maximum atomic E-state index is 10.6. The molecule has 0 aromatic heterocycles. The van der Waals surface area contributed by atoms with Gasteiger partial charge in [0.1, 0.15) is 0 Å². The van der Waals surface area contributed by atoms with E-state index in [2.05, 4.69) is 30.8 Å². The minimum atomic E-state index is -0.909. The Bertz CT molecular complexity index is 585. The fourth-order valence-electron chi connectivity index (χ4n) is 1.71. The maximum absolute atomic E-state index is 10.6. The van der Waals surface area contributed by atoms with Gasteiger partial charge < -0.3 is 5.11 Å². The van der Waals surface area contributed by atoms with E-state index in [1.54, 1.807) is 11.8 Å². The van der Waals surface area contributed by atoms with Gasteiger partial charge in [-0.25, -0.2) is 4.79 Å². The summed E-state index contributed by atoms with van der Waals surface area (Å²) < 4.78 is 0. The van der Waals surface area contributed by atoms with Crippen LogP contribution in [0.25, 0.3) is 10.8 Å².